The lowest BCUT2D eigenvalue weighted by Gasteiger charge is -2.28. The number of pyridine rings is 1. The standard InChI is InChI=1S/C30H31N5O2/c1-19(22-12-14-24-23(18-22)13-15-25(32-24)37-3)26-20(2)31-29-28(34-16-8-5-9-17-34)27(33-35(29)30(26)36)21-10-6-4-7-11-21/h4,6-7,10-15,18-19,31H,5,8-9,16-17H2,1-3H3. The highest BCUT2D eigenvalue weighted by atomic mass is 16.5. The van der Waals surface area contributed by atoms with E-state index >= 15 is 0 Å². The van der Waals surface area contributed by atoms with E-state index in [2.05, 4.69) is 40.0 Å². The Bertz CT molecular complexity index is 1650. The number of hydrogen-bond acceptors (Lipinski definition) is 5. The lowest BCUT2D eigenvalue weighted by atomic mass is 9.92. The molecule has 7 nitrogen and oxygen atoms in total. The van der Waals surface area contributed by atoms with Crippen LogP contribution in [0.15, 0.2) is 65.5 Å². The van der Waals surface area contributed by atoms with E-state index in [1.807, 2.05) is 49.4 Å². The van der Waals surface area contributed by atoms with Crippen LogP contribution in [0.4, 0.5) is 5.69 Å². The van der Waals surface area contributed by atoms with Gasteiger partial charge in [-0.1, -0.05) is 43.3 Å². The fourth-order valence-electron chi connectivity index (χ4n) is 5.58. The van der Waals surface area contributed by atoms with Crippen molar-refractivity contribution in [3.05, 3.63) is 87.8 Å². The molecule has 0 saturated carbocycles. The number of anilines is 1. The van der Waals surface area contributed by atoms with Crippen LogP contribution in [-0.2, 0) is 0 Å². The third kappa shape index (κ3) is 4.04. The summed E-state index contributed by atoms with van der Waals surface area (Å²) in [6.07, 6.45) is 3.53. The molecule has 0 aliphatic carbocycles. The number of aromatic nitrogens is 4. The lowest BCUT2D eigenvalue weighted by Crippen LogP contribution is -2.30. The topological polar surface area (TPSA) is 75.5 Å². The Balaban J connectivity index is 1.50. The van der Waals surface area contributed by atoms with Gasteiger partial charge < -0.3 is 14.6 Å². The predicted octanol–water partition coefficient (Wildman–Crippen LogP) is 5.70. The zero-order chi connectivity index (χ0) is 25.5. The molecule has 0 spiro atoms. The molecular formula is C30H31N5O2. The number of rotatable bonds is 5. The van der Waals surface area contributed by atoms with Crippen molar-refractivity contribution < 1.29 is 4.74 Å². The van der Waals surface area contributed by atoms with Crippen molar-refractivity contribution in [1.82, 2.24) is 19.6 Å². The van der Waals surface area contributed by atoms with Gasteiger partial charge in [-0.3, -0.25) is 4.79 Å². The first-order valence-electron chi connectivity index (χ1n) is 13.0. The highest BCUT2D eigenvalue weighted by Crippen LogP contribution is 2.35. The Morgan fingerprint density at radius 3 is 2.54 bits per heavy atom. The summed E-state index contributed by atoms with van der Waals surface area (Å²) in [6, 6.07) is 20.2. The van der Waals surface area contributed by atoms with Gasteiger partial charge in [0.1, 0.15) is 11.4 Å². The first kappa shape index (κ1) is 23.3. The molecule has 1 atom stereocenters. The summed E-state index contributed by atoms with van der Waals surface area (Å²) in [5, 5.41) is 5.92. The number of aryl methyl sites for hydroxylation is 1. The van der Waals surface area contributed by atoms with Crippen LogP contribution in [0.25, 0.3) is 27.8 Å². The van der Waals surface area contributed by atoms with E-state index in [0.29, 0.717) is 5.88 Å². The normalized spacial score (nSPS) is 14.8. The van der Waals surface area contributed by atoms with Gasteiger partial charge in [-0.05, 0) is 49.9 Å². The van der Waals surface area contributed by atoms with E-state index < -0.39 is 0 Å². The highest BCUT2D eigenvalue weighted by Gasteiger charge is 2.26. The van der Waals surface area contributed by atoms with Crippen molar-refractivity contribution >= 4 is 22.2 Å². The molecule has 1 aliphatic rings. The van der Waals surface area contributed by atoms with E-state index in [1.54, 1.807) is 11.6 Å². The molecule has 0 radical (unpaired) electrons. The smallest absolute Gasteiger partial charge is 0.278 e. The zero-order valence-corrected chi connectivity index (χ0v) is 21.5. The van der Waals surface area contributed by atoms with Gasteiger partial charge in [0, 0.05) is 47.3 Å². The number of benzene rings is 2. The Labute approximate surface area is 215 Å². The SMILES string of the molecule is COc1ccc2cc(C(C)c3c(C)[nH]c4c(N5CCCCC5)c(-c5ccccc5)nn4c3=O)ccc2n1. The average Bonchev–Trinajstić information content (AvgIpc) is 3.33. The van der Waals surface area contributed by atoms with Crippen LogP contribution in [0.3, 0.4) is 0 Å². The monoisotopic (exact) mass is 493 g/mol. The molecule has 1 fully saturated rings. The molecule has 4 heterocycles. The van der Waals surface area contributed by atoms with E-state index in [0.717, 1.165) is 76.2 Å². The maximum absolute atomic E-state index is 14.0. The minimum atomic E-state index is -0.123. The Morgan fingerprint density at radius 1 is 1.00 bits per heavy atom. The summed E-state index contributed by atoms with van der Waals surface area (Å²) in [4.78, 5) is 24.5. The van der Waals surface area contributed by atoms with Gasteiger partial charge in [0.05, 0.1) is 12.6 Å². The minimum absolute atomic E-state index is 0.0767. The maximum Gasteiger partial charge on any atom is 0.278 e. The second-order valence-electron chi connectivity index (χ2n) is 9.87. The lowest BCUT2D eigenvalue weighted by molar-refractivity contribution is 0.399. The molecule has 37 heavy (non-hydrogen) atoms. The molecule has 0 bridgehead atoms. The van der Waals surface area contributed by atoms with Crippen LogP contribution in [0.1, 0.15) is 48.9 Å². The second-order valence-corrected chi connectivity index (χ2v) is 9.87. The van der Waals surface area contributed by atoms with E-state index in [1.165, 1.54) is 6.42 Å². The summed E-state index contributed by atoms with van der Waals surface area (Å²) in [6.45, 7) is 6.01. The van der Waals surface area contributed by atoms with Gasteiger partial charge in [0.2, 0.25) is 5.88 Å². The van der Waals surface area contributed by atoms with Crippen LogP contribution in [-0.4, -0.2) is 39.8 Å². The van der Waals surface area contributed by atoms with Gasteiger partial charge in [-0.25, -0.2) is 4.98 Å². The van der Waals surface area contributed by atoms with Gasteiger partial charge in [-0.15, -0.1) is 0 Å². The maximum atomic E-state index is 14.0. The molecule has 5 aromatic rings. The minimum Gasteiger partial charge on any atom is -0.481 e. The molecule has 2 aromatic carbocycles. The summed E-state index contributed by atoms with van der Waals surface area (Å²) in [7, 11) is 1.62. The van der Waals surface area contributed by atoms with E-state index in [4.69, 9.17) is 9.84 Å². The van der Waals surface area contributed by atoms with Gasteiger partial charge in [0.25, 0.3) is 5.56 Å². The molecule has 3 aromatic heterocycles. The first-order chi connectivity index (χ1) is 18.0. The molecule has 0 amide bonds. The van der Waals surface area contributed by atoms with E-state index in [-0.39, 0.29) is 11.5 Å². The van der Waals surface area contributed by atoms with Crippen molar-refractivity contribution in [2.24, 2.45) is 0 Å². The number of nitrogens with zero attached hydrogens (tertiary/aromatic N) is 4. The zero-order valence-electron chi connectivity index (χ0n) is 21.5. The number of piperidine rings is 1. The number of H-pyrrole nitrogens is 1. The van der Waals surface area contributed by atoms with Crippen molar-refractivity contribution in [2.75, 3.05) is 25.1 Å². The van der Waals surface area contributed by atoms with Gasteiger partial charge in [-0.2, -0.15) is 9.61 Å². The van der Waals surface area contributed by atoms with Crippen molar-refractivity contribution in [1.29, 1.82) is 0 Å². The second kappa shape index (κ2) is 9.39. The first-order valence-corrected chi connectivity index (χ1v) is 13.0. The number of aromatic amines is 1. The number of fused-ring (bicyclic) bond motifs is 2. The molecule has 7 heteroatoms. The number of ether oxygens (including phenoxy) is 1. The van der Waals surface area contributed by atoms with Crippen LogP contribution in [0, 0.1) is 6.92 Å². The number of hydrogen-bond donors (Lipinski definition) is 1. The third-order valence-corrected chi connectivity index (χ3v) is 7.54. The quantitative estimate of drug-likeness (QED) is 0.340. The van der Waals surface area contributed by atoms with Crippen molar-refractivity contribution in [3.63, 3.8) is 0 Å². The molecule has 1 unspecified atom stereocenters. The molecule has 1 aliphatic heterocycles. The van der Waals surface area contributed by atoms with Crippen LogP contribution >= 0.6 is 0 Å². The molecule has 1 saturated heterocycles. The molecule has 6 rings (SSSR count). The van der Waals surface area contributed by atoms with Gasteiger partial charge >= 0.3 is 0 Å². The van der Waals surface area contributed by atoms with Crippen molar-refractivity contribution in [2.45, 2.75) is 39.0 Å². The molecule has 188 valence electrons. The summed E-state index contributed by atoms with van der Waals surface area (Å²) in [5.41, 5.74) is 7.10. The Hall–Kier alpha value is -4.13. The average molecular weight is 494 g/mol. The van der Waals surface area contributed by atoms with Crippen molar-refractivity contribution in [3.8, 4) is 17.1 Å². The fourth-order valence-corrected chi connectivity index (χ4v) is 5.58. The molecule has 1 N–H and O–H groups in total. The summed E-state index contributed by atoms with van der Waals surface area (Å²) < 4.78 is 6.84. The third-order valence-electron chi connectivity index (χ3n) is 7.54. The van der Waals surface area contributed by atoms with Gasteiger partial charge in [0.15, 0.2) is 5.65 Å². The number of methoxy groups -OCH3 is 1. The van der Waals surface area contributed by atoms with E-state index in [9.17, 15) is 4.79 Å². The van der Waals surface area contributed by atoms with Crippen LogP contribution < -0.4 is 15.2 Å². The van der Waals surface area contributed by atoms with Crippen LogP contribution in [0.5, 0.6) is 5.88 Å². The largest absolute Gasteiger partial charge is 0.481 e. The number of nitrogens with one attached hydrogen (secondary N) is 1. The summed E-state index contributed by atoms with van der Waals surface area (Å²) in [5.74, 6) is 0.464. The fraction of sp³-hybridized carbons (Fsp3) is 0.300. The predicted molar refractivity (Wildman–Crippen MR) is 148 cm³/mol. The Kier molecular flexibility index (Phi) is 5.91. The molecular weight excluding hydrogens is 462 g/mol. The Morgan fingerprint density at radius 2 is 1.78 bits per heavy atom. The highest BCUT2D eigenvalue weighted by molar-refractivity contribution is 5.86. The summed E-state index contributed by atoms with van der Waals surface area (Å²) >= 11 is 0. The van der Waals surface area contributed by atoms with Crippen LogP contribution in [0.2, 0.25) is 0 Å².